The van der Waals surface area contributed by atoms with Crippen LogP contribution in [0.1, 0.15) is 38.5 Å². The van der Waals surface area contributed by atoms with Crippen LogP contribution >= 0.6 is 0 Å². The summed E-state index contributed by atoms with van der Waals surface area (Å²) < 4.78 is 4.74. The molecule has 0 unspecified atom stereocenters. The number of ketones is 1. The third kappa shape index (κ3) is 1.18. The number of rotatable bonds is 3. The van der Waals surface area contributed by atoms with E-state index in [-0.39, 0.29) is 17.7 Å². The van der Waals surface area contributed by atoms with E-state index < -0.39 is 5.41 Å². The lowest BCUT2D eigenvalue weighted by molar-refractivity contribution is -0.166. The van der Waals surface area contributed by atoms with Gasteiger partial charge in [0.25, 0.3) is 0 Å². The maximum atomic E-state index is 12.0. The Hall–Kier alpha value is -0.860. The van der Waals surface area contributed by atoms with E-state index in [0.29, 0.717) is 12.8 Å². The molecule has 0 aromatic rings. The molecule has 0 aromatic heterocycles. The molecule has 0 heterocycles. The second-order valence-corrected chi connectivity index (χ2v) is 4.42. The molecule has 0 radical (unpaired) electrons. The summed E-state index contributed by atoms with van der Waals surface area (Å²) in [6, 6.07) is 0. The van der Waals surface area contributed by atoms with Crippen molar-refractivity contribution < 1.29 is 14.3 Å². The summed E-state index contributed by atoms with van der Waals surface area (Å²) in [7, 11) is 1.37. The average molecular weight is 196 g/mol. The molecule has 0 spiro atoms. The maximum Gasteiger partial charge on any atom is 0.319 e. The summed E-state index contributed by atoms with van der Waals surface area (Å²) in [4.78, 5) is 23.6. The number of esters is 1. The van der Waals surface area contributed by atoms with Crippen LogP contribution in [0.4, 0.5) is 0 Å². The van der Waals surface area contributed by atoms with Crippen LogP contribution in [0, 0.1) is 11.3 Å². The zero-order chi connectivity index (χ0) is 10.2. The van der Waals surface area contributed by atoms with E-state index in [9.17, 15) is 9.59 Å². The number of carbonyl (C=O) groups is 2. The first kappa shape index (κ1) is 9.69. The van der Waals surface area contributed by atoms with Crippen LogP contribution in [0.25, 0.3) is 0 Å². The molecule has 2 rings (SSSR count). The molecule has 2 fully saturated rings. The zero-order valence-corrected chi connectivity index (χ0v) is 8.54. The first-order valence-electron chi connectivity index (χ1n) is 5.33. The minimum atomic E-state index is -0.736. The monoisotopic (exact) mass is 196 g/mol. The van der Waals surface area contributed by atoms with Crippen molar-refractivity contribution in [2.24, 2.45) is 11.3 Å². The third-order valence-corrected chi connectivity index (χ3v) is 3.73. The molecule has 2 saturated carbocycles. The Bertz CT molecular complexity index is 262. The molecule has 0 amide bonds. The summed E-state index contributed by atoms with van der Waals surface area (Å²) in [5.74, 6) is -0.00287. The molecule has 0 aromatic carbocycles. The first-order valence-corrected chi connectivity index (χ1v) is 5.33. The Morgan fingerprint density at radius 1 is 1.21 bits per heavy atom. The zero-order valence-electron chi connectivity index (χ0n) is 8.54. The lowest BCUT2D eigenvalue weighted by Gasteiger charge is -2.41. The molecule has 0 N–H and O–H groups in total. The average Bonchev–Trinajstić information content (AvgIpc) is 1.98. The van der Waals surface area contributed by atoms with Crippen LogP contribution in [0.5, 0.6) is 0 Å². The fraction of sp³-hybridized carbons (Fsp3) is 0.818. The summed E-state index contributed by atoms with van der Waals surface area (Å²) in [5.41, 5.74) is -0.736. The van der Waals surface area contributed by atoms with Gasteiger partial charge in [-0.3, -0.25) is 9.59 Å². The Labute approximate surface area is 83.8 Å². The standard InChI is InChI=1S/C11H16O3/c1-14-10(13)11(6-3-7-11)9(12)8-4-2-5-8/h8H,2-7H2,1H3. The van der Waals surface area contributed by atoms with Gasteiger partial charge in [0.05, 0.1) is 7.11 Å². The summed E-state index contributed by atoms with van der Waals surface area (Å²) >= 11 is 0. The maximum absolute atomic E-state index is 12.0. The highest BCUT2D eigenvalue weighted by atomic mass is 16.5. The smallest absolute Gasteiger partial charge is 0.319 e. The SMILES string of the molecule is COC(=O)C1(C(=O)C2CCC2)CCC1. The van der Waals surface area contributed by atoms with Crippen molar-refractivity contribution in [2.75, 3.05) is 7.11 Å². The molecular weight excluding hydrogens is 180 g/mol. The molecule has 3 nitrogen and oxygen atoms in total. The van der Waals surface area contributed by atoms with Crippen molar-refractivity contribution >= 4 is 11.8 Å². The van der Waals surface area contributed by atoms with Gasteiger partial charge >= 0.3 is 5.97 Å². The molecule has 2 aliphatic rings. The molecule has 0 aliphatic heterocycles. The summed E-state index contributed by atoms with van der Waals surface area (Å²) in [6.07, 6.45) is 5.46. The van der Waals surface area contributed by atoms with Gasteiger partial charge in [-0.05, 0) is 25.7 Å². The van der Waals surface area contributed by atoms with Crippen LogP contribution < -0.4 is 0 Å². The number of Topliss-reactive ketones (excluding diaryl/α,β-unsaturated/α-hetero) is 1. The molecule has 0 bridgehead atoms. The number of hydrogen-bond acceptors (Lipinski definition) is 3. The molecule has 0 atom stereocenters. The molecule has 14 heavy (non-hydrogen) atoms. The van der Waals surface area contributed by atoms with Gasteiger partial charge in [-0.25, -0.2) is 0 Å². The van der Waals surface area contributed by atoms with Crippen LogP contribution in [-0.2, 0) is 14.3 Å². The Balaban J connectivity index is 2.10. The Kier molecular flexibility index (Phi) is 2.33. The van der Waals surface area contributed by atoms with Gasteiger partial charge in [-0.15, -0.1) is 0 Å². The Morgan fingerprint density at radius 3 is 2.14 bits per heavy atom. The van der Waals surface area contributed by atoms with E-state index in [2.05, 4.69) is 0 Å². The second kappa shape index (κ2) is 3.37. The Morgan fingerprint density at radius 2 is 1.86 bits per heavy atom. The minimum Gasteiger partial charge on any atom is -0.468 e. The predicted molar refractivity (Wildman–Crippen MR) is 50.6 cm³/mol. The number of carbonyl (C=O) groups excluding carboxylic acids is 2. The van der Waals surface area contributed by atoms with Crippen molar-refractivity contribution in [3.8, 4) is 0 Å². The highest BCUT2D eigenvalue weighted by Gasteiger charge is 2.54. The number of methoxy groups -OCH3 is 1. The fourth-order valence-corrected chi connectivity index (χ4v) is 2.34. The predicted octanol–water partition coefficient (Wildman–Crippen LogP) is 1.70. The molecule has 78 valence electrons. The highest BCUT2D eigenvalue weighted by Crippen LogP contribution is 2.47. The first-order chi connectivity index (χ1) is 6.70. The molecule has 2 aliphatic carbocycles. The van der Waals surface area contributed by atoms with E-state index in [1.807, 2.05) is 0 Å². The van der Waals surface area contributed by atoms with Crippen LogP contribution in [0.15, 0.2) is 0 Å². The second-order valence-electron chi connectivity index (χ2n) is 4.42. The minimum absolute atomic E-state index is 0.148. The van der Waals surface area contributed by atoms with Crippen molar-refractivity contribution in [3.63, 3.8) is 0 Å². The fourth-order valence-electron chi connectivity index (χ4n) is 2.34. The van der Waals surface area contributed by atoms with Crippen LogP contribution in [0.2, 0.25) is 0 Å². The van der Waals surface area contributed by atoms with Gasteiger partial charge in [-0.1, -0.05) is 12.8 Å². The number of hydrogen-bond donors (Lipinski definition) is 0. The van der Waals surface area contributed by atoms with Gasteiger partial charge in [0, 0.05) is 5.92 Å². The van der Waals surface area contributed by atoms with Crippen molar-refractivity contribution in [3.05, 3.63) is 0 Å². The van der Waals surface area contributed by atoms with E-state index in [0.717, 1.165) is 25.7 Å². The summed E-state index contributed by atoms with van der Waals surface area (Å²) in [6.45, 7) is 0. The molecule has 0 saturated heterocycles. The van der Waals surface area contributed by atoms with E-state index in [4.69, 9.17) is 4.74 Å². The molecular formula is C11H16O3. The summed E-state index contributed by atoms with van der Waals surface area (Å²) in [5, 5.41) is 0. The van der Waals surface area contributed by atoms with Gasteiger partial charge < -0.3 is 4.74 Å². The lowest BCUT2D eigenvalue weighted by atomic mass is 9.60. The van der Waals surface area contributed by atoms with Crippen molar-refractivity contribution in [2.45, 2.75) is 38.5 Å². The van der Waals surface area contributed by atoms with Gasteiger partial charge in [-0.2, -0.15) is 0 Å². The largest absolute Gasteiger partial charge is 0.468 e. The van der Waals surface area contributed by atoms with E-state index in [1.165, 1.54) is 7.11 Å². The molecule has 3 heteroatoms. The topological polar surface area (TPSA) is 43.4 Å². The van der Waals surface area contributed by atoms with Gasteiger partial charge in [0.15, 0.2) is 5.78 Å². The van der Waals surface area contributed by atoms with Crippen molar-refractivity contribution in [1.29, 1.82) is 0 Å². The third-order valence-electron chi connectivity index (χ3n) is 3.73. The van der Waals surface area contributed by atoms with Gasteiger partial charge in [0.2, 0.25) is 0 Å². The van der Waals surface area contributed by atoms with E-state index in [1.54, 1.807) is 0 Å². The highest BCUT2D eigenvalue weighted by molar-refractivity contribution is 6.05. The number of ether oxygens (including phenoxy) is 1. The van der Waals surface area contributed by atoms with Crippen LogP contribution in [0.3, 0.4) is 0 Å². The quantitative estimate of drug-likeness (QED) is 0.509. The lowest BCUT2D eigenvalue weighted by Crippen LogP contribution is -2.49. The van der Waals surface area contributed by atoms with E-state index >= 15 is 0 Å². The normalized spacial score (nSPS) is 24.6. The van der Waals surface area contributed by atoms with Gasteiger partial charge in [0.1, 0.15) is 5.41 Å². The van der Waals surface area contributed by atoms with Crippen LogP contribution in [-0.4, -0.2) is 18.9 Å². The van der Waals surface area contributed by atoms with Crippen molar-refractivity contribution in [1.82, 2.24) is 0 Å².